The zero-order valence-electron chi connectivity index (χ0n) is 6.64. The average Bonchev–Trinajstić information content (AvgIpc) is 2.47. The Morgan fingerprint density at radius 1 is 1.83 bits per heavy atom. The molecular weight excluding hydrogens is 158 g/mol. The van der Waals surface area contributed by atoms with E-state index < -0.39 is 5.97 Å². The highest BCUT2D eigenvalue weighted by molar-refractivity contribution is 5.84. The lowest BCUT2D eigenvalue weighted by atomic mass is 10.4. The van der Waals surface area contributed by atoms with Crippen molar-refractivity contribution in [3.05, 3.63) is 18.2 Å². The van der Waals surface area contributed by atoms with Gasteiger partial charge in [-0.25, -0.2) is 14.5 Å². The van der Waals surface area contributed by atoms with Gasteiger partial charge in [0.1, 0.15) is 6.33 Å². The van der Waals surface area contributed by atoms with Gasteiger partial charge in [-0.05, 0) is 13.0 Å². The van der Waals surface area contributed by atoms with E-state index in [-0.39, 0.29) is 0 Å². The van der Waals surface area contributed by atoms with Crippen molar-refractivity contribution < 1.29 is 9.90 Å². The third-order valence-electron chi connectivity index (χ3n) is 1.32. The van der Waals surface area contributed by atoms with Gasteiger partial charge in [0, 0.05) is 12.6 Å². The number of hydrogen-bond donors (Lipinski definition) is 1. The molecule has 0 bridgehead atoms. The molecule has 0 spiro atoms. The molecule has 0 saturated heterocycles. The number of hydrogen-bond acceptors (Lipinski definition) is 3. The summed E-state index contributed by atoms with van der Waals surface area (Å²) in [7, 11) is 0. The second kappa shape index (κ2) is 3.66. The van der Waals surface area contributed by atoms with E-state index in [9.17, 15) is 4.79 Å². The second-order valence-corrected chi connectivity index (χ2v) is 2.11. The highest BCUT2D eigenvalue weighted by Gasteiger charge is 1.97. The molecule has 0 atom stereocenters. The topological polar surface area (TPSA) is 68.0 Å². The molecule has 5 heteroatoms. The lowest BCUT2D eigenvalue weighted by molar-refractivity contribution is -0.131. The number of carbonyl (C=O) groups is 1. The first-order valence-corrected chi connectivity index (χ1v) is 3.53. The number of carboxylic acid groups (broad SMARTS) is 1. The summed E-state index contributed by atoms with van der Waals surface area (Å²) in [6.45, 7) is 2.59. The number of rotatable bonds is 3. The predicted octanol–water partition coefficient (Wildman–Crippen LogP) is 0.396. The van der Waals surface area contributed by atoms with Crippen LogP contribution in [0.5, 0.6) is 0 Å². The minimum Gasteiger partial charge on any atom is -0.478 e. The highest BCUT2D eigenvalue weighted by Crippen LogP contribution is 1.96. The number of aryl methyl sites for hydroxylation is 1. The zero-order chi connectivity index (χ0) is 8.97. The molecule has 0 aliphatic rings. The molecule has 5 nitrogen and oxygen atoms in total. The third-order valence-corrected chi connectivity index (χ3v) is 1.32. The van der Waals surface area contributed by atoms with Crippen LogP contribution in [0.25, 0.3) is 6.08 Å². The molecule has 0 aromatic carbocycles. The predicted molar refractivity (Wildman–Crippen MR) is 42.4 cm³/mol. The fourth-order valence-corrected chi connectivity index (χ4v) is 0.792. The summed E-state index contributed by atoms with van der Waals surface area (Å²) in [5, 5.41) is 12.2. The maximum Gasteiger partial charge on any atom is 0.328 e. The van der Waals surface area contributed by atoms with Crippen molar-refractivity contribution in [2.24, 2.45) is 0 Å². The Balaban J connectivity index is 2.81. The molecule has 1 N–H and O–H groups in total. The largest absolute Gasteiger partial charge is 0.478 e. The lowest BCUT2D eigenvalue weighted by Gasteiger charge is -1.94. The Bertz CT molecular complexity index is 303. The first-order valence-electron chi connectivity index (χ1n) is 3.53. The van der Waals surface area contributed by atoms with E-state index in [1.54, 1.807) is 4.68 Å². The number of aliphatic carboxylic acids is 1. The molecule has 0 aliphatic carbocycles. The van der Waals surface area contributed by atoms with Gasteiger partial charge in [-0.3, -0.25) is 0 Å². The second-order valence-electron chi connectivity index (χ2n) is 2.11. The average molecular weight is 167 g/mol. The smallest absolute Gasteiger partial charge is 0.328 e. The van der Waals surface area contributed by atoms with Gasteiger partial charge in [0.05, 0.1) is 0 Å². The van der Waals surface area contributed by atoms with Crippen molar-refractivity contribution in [3.8, 4) is 0 Å². The minimum absolute atomic E-state index is 0.555. The van der Waals surface area contributed by atoms with Gasteiger partial charge < -0.3 is 5.11 Å². The van der Waals surface area contributed by atoms with Gasteiger partial charge in [-0.15, -0.1) is 0 Å². The van der Waals surface area contributed by atoms with Crippen LogP contribution in [-0.4, -0.2) is 25.8 Å². The fraction of sp³-hybridized carbons (Fsp3) is 0.286. The Hall–Kier alpha value is -1.65. The molecule has 1 rings (SSSR count). The Kier molecular flexibility index (Phi) is 2.57. The zero-order valence-corrected chi connectivity index (χ0v) is 6.64. The molecule has 0 fully saturated rings. The van der Waals surface area contributed by atoms with Crippen molar-refractivity contribution in [1.82, 2.24) is 14.8 Å². The van der Waals surface area contributed by atoms with E-state index >= 15 is 0 Å². The van der Waals surface area contributed by atoms with Crippen LogP contribution in [0.4, 0.5) is 0 Å². The van der Waals surface area contributed by atoms with E-state index in [1.807, 2.05) is 6.92 Å². The van der Waals surface area contributed by atoms with Crippen LogP contribution in [0.2, 0.25) is 0 Å². The van der Waals surface area contributed by atoms with Gasteiger partial charge >= 0.3 is 5.97 Å². The van der Waals surface area contributed by atoms with E-state index in [4.69, 9.17) is 5.11 Å². The molecule has 0 aliphatic heterocycles. The van der Waals surface area contributed by atoms with E-state index in [0.717, 1.165) is 6.08 Å². The quantitative estimate of drug-likeness (QED) is 0.661. The van der Waals surface area contributed by atoms with Crippen LogP contribution in [-0.2, 0) is 11.3 Å². The summed E-state index contributed by atoms with van der Waals surface area (Å²) >= 11 is 0. The summed E-state index contributed by atoms with van der Waals surface area (Å²) in [6, 6.07) is 0. The van der Waals surface area contributed by atoms with Gasteiger partial charge in [0.2, 0.25) is 0 Å². The summed E-state index contributed by atoms with van der Waals surface area (Å²) in [5.41, 5.74) is 0. The Morgan fingerprint density at radius 3 is 3.17 bits per heavy atom. The van der Waals surface area contributed by atoms with E-state index in [0.29, 0.717) is 12.4 Å². The first kappa shape index (κ1) is 8.45. The van der Waals surface area contributed by atoms with Gasteiger partial charge in [-0.2, -0.15) is 5.10 Å². The third kappa shape index (κ3) is 1.91. The van der Waals surface area contributed by atoms with Crippen LogP contribution in [0.3, 0.4) is 0 Å². The molecule has 1 heterocycles. The van der Waals surface area contributed by atoms with Crippen molar-refractivity contribution in [2.45, 2.75) is 13.5 Å². The minimum atomic E-state index is -0.986. The Labute approximate surface area is 69.3 Å². The fourth-order valence-electron chi connectivity index (χ4n) is 0.792. The summed E-state index contributed by atoms with van der Waals surface area (Å²) in [5.74, 6) is -0.430. The lowest BCUT2D eigenvalue weighted by Crippen LogP contribution is -1.99. The number of carboxylic acids is 1. The Morgan fingerprint density at radius 2 is 2.58 bits per heavy atom. The summed E-state index contributed by atoms with van der Waals surface area (Å²) in [4.78, 5) is 14.0. The monoisotopic (exact) mass is 167 g/mol. The van der Waals surface area contributed by atoms with Gasteiger partial charge in [-0.1, -0.05) is 0 Å². The van der Waals surface area contributed by atoms with Crippen LogP contribution >= 0.6 is 0 Å². The van der Waals surface area contributed by atoms with E-state index in [2.05, 4.69) is 10.1 Å². The first-order chi connectivity index (χ1) is 5.74. The van der Waals surface area contributed by atoms with Crippen molar-refractivity contribution in [3.63, 3.8) is 0 Å². The highest BCUT2D eigenvalue weighted by atomic mass is 16.4. The van der Waals surface area contributed by atoms with Crippen LogP contribution < -0.4 is 0 Å². The molecule has 64 valence electrons. The summed E-state index contributed by atoms with van der Waals surface area (Å²) < 4.78 is 1.61. The van der Waals surface area contributed by atoms with Crippen molar-refractivity contribution in [2.75, 3.05) is 0 Å². The number of nitrogens with zero attached hydrogens (tertiary/aromatic N) is 3. The van der Waals surface area contributed by atoms with E-state index in [1.165, 1.54) is 12.4 Å². The normalized spacial score (nSPS) is 10.8. The van der Waals surface area contributed by atoms with Gasteiger partial charge in [0.15, 0.2) is 5.82 Å². The van der Waals surface area contributed by atoms with Crippen LogP contribution in [0, 0.1) is 0 Å². The molecule has 0 unspecified atom stereocenters. The van der Waals surface area contributed by atoms with Gasteiger partial charge in [0.25, 0.3) is 0 Å². The summed E-state index contributed by atoms with van der Waals surface area (Å²) in [6.07, 6.45) is 3.85. The number of aromatic nitrogens is 3. The molecule has 0 amide bonds. The standard InChI is InChI=1S/C7H9N3O2/c1-2-10-6(8-5-9-10)3-4-7(11)12/h3-5H,2H2,1H3,(H,11,12)/b4-3+. The molecular formula is C7H9N3O2. The molecule has 1 aromatic heterocycles. The maximum absolute atomic E-state index is 10.1. The molecule has 0 radical (unpaired) electrons. The van der Waals surface area contributed by atoms with Crippen molar-refractivity contribution in [1.29, 1.82) is 0 Å². The van der Waals surface area contributed by atoms with Crippen molar-refractivity contribution >= 4 is 12.0 Å². The maximum atomic E-state index is 10.1. The SMILES string of the molecule is CCn1ncnc1/C=C/C(=O)O. The molecule has 12 heavy (non-hydrogen) atoms. The molecule has 1 aromatic rings. The molecule has 0 saturated carbocycles. The van der Waals surface area contributed by atoms with Crippen LogP contribution in [0.15, 0.2) is 12.4 Å². The van der Waals surface area contributed by atoms with Crippen LogP contribution in [0.1, 0.15) is 12.7 Å².